The summed E-state index contributed by atoms with van der Waals surface area (Å²) in [7, 11) is 0. The third kappa shape index (κ3) is 2.45. The molecule has 2 aromatic rings. The van der Waals surface area contributed by atoms with Gasteiger partial charge in [-0.25, -0.2) is 0 Å². The van der Waals surface area contributed by atoms with E-state index in [1.807, 2.05) is 48.8 Å². The van der Waals surface area contributed by atoms with E-state index in [1.54, 1.807) is 0 Å². The highest BCUT2D eigenvalue weighted by atomic mass is 127. The molecule has 0 aliphatic rings. The van der Waals surface area contributed by atoms with Crippen LogP contribution in [0, 0.1) is 3.57 Å². The average molecular weight is 296 g/mol. The van der Waals surface area contributed by atoms with E-state index >= 15 is 0 Å². The zero-order chi connectivity index (χ0) is 9.80. The van der Waals surface area contributed by atoms with Crippen molar-refractivity contribution in [1.29, 1.82) is 0 Å². The minimum Gasteiger partial charge on any atom is -0.360 e. The topological polar surface area (TPSA) is 28.1 Å². The standard InChI is InChI=1S/C11H9IN2/c12-9-3-5-10(6-4-9)14-8-11-2-1-7-13-11/h1-8,13H. The van der Waals surface area contributed by atoms with Gasteiger partial charge in [-0.05, 0) is 59.0 Å². The lowest BCUT2D eigenvalue weighted by Crippen LogP contribution is -1.77. The van der Waals surface area contributed by atoms with Gasteiger partial charge in [-0.2, -0.15) is 0 Å². The van der Waals surface area contributed by atoms with Crippen molar-refractivity contribution < 1.29 is 0 Å². The van der Waals surface area contributed by atoms with Crippen LogP contribution in [0.5, 0.6) is 0 Å². The van der Waals surface area contributed by atoms with Gasteiger partial charge in [0.1, 0.15) is 0 Å². The van der Waals surface area contributed by atoms with Crippen LogP contribution in [0.2, 0.25) is 0 Å². The number of nitrogens with one attached hydrogen (secondary N) is 1. The number of halogens is 1. The molecule has 0 unspecified atom stereocenters. The molecule has 2 nitrogen and oxygen atoms in total. The highest BCUT2D eigenvalue weighted by Gasteiger charge is 1.89. The Morgan fingerprint density at radius 3 is 2.57 bits per heavy atom. The molecule has 70 valence electrons. The molecule has 0 radical (unpaired) electrons. The van der Waals surface area contributed by atoms with Crippen molar-refractivity contribution in [3.63, 3.8) is 0 Å². The highest BCUT2D eigenvalue weighted by molar-refractivity contribution is 14.1. The minimum atomic E-state index is 0.972. The summed E-state index contributed by atoms with van der Waals surface area (Å²) in [6.45, 7) is 0. The van der Waals surface area contributed by atoms with Crippen molar-refractivity contribution in [1.82, 2.24) is 4.98 Å². The van der Waals surface area contributed by atoms with Gasteiger partial charge in [0.2, 0.25) is 0 Å². The predicted octanol–water partition coefficient (Wildman–Crippen LogP) is 3.37. The first-order chi connectivity index (χ1) is 6.84. The Kier molecular flexibility index (Phi) is 2.98. The molecule has 0 saturated carbocycles. The molecule has 14 heavy (non-hydrogen) atoms. The van der Waals surface area contributed by atoms with Crippen molar-refractivity contribution in [2.75, 3.05) is 0 Å². The van der Waals surface area contributed by atoms with Crippen LogP contribution in [-0.4, -0.2) is 11.2 Å². The molecule has 1 N–H and O–H groups in total. The van der Waals surface area contributed by atoms with E-state index in [-0.39, 0.29) is 0 Å². The van der Waals surface area contributed by atoms with Crippen LogP contribution in [0.1, 0.15) is 5.69 Å². The maximum Gasteiger partial charge on any atom is 0.0631 e. The van der Waals surface area contributed by atoms with Crippen LogP contribution in [0.25, 0.3) is 0 Å². The average Bonchev–Trinajstić information content (AvgIpc) is 2.70. The van der Waals surface area contributed by atoms with Crippen molar-refractivity contribution >= 4 is 34.5 Å². The normalized spacial score (nSPS) is 10.9. The smallest absolute Gasteiger partial charge is 0.0631 e. The number of benzene rings is 1. The second-order valence-electron chi connectivity index (χ2n) is 2.86. The summed E-state index contributed by atoms with van der Waals surface area (Å²) in [6, 6.07) is 12.0. The quantitative estimate of drug-likeness (QED) is 0.650. The zero-order valence-corrected chi connectivity index (χ0v) is 9.60. The van der Waals surface area contributed by atoms with E-state index < -0.39 is 0 Å². The van der Waals surface area contributed by atoms with Crippen molar-refractivity contribution in [3.05, 3.63) is 51.9 Å². The van der Waals surface area contributed by atoms with Gasteiger partial charge < -0.3 is 4.98 Å². The number of rotatable bonds is 2. The maximum absolute atomic E-state index is 4.33. The van der Waals surface area contributed by atoms with E-state index in [9.17, 15) is 0 Å². The molecular formula is C11H9IN2. The van der Waals surface area contributed by atoms with E-state index in [4.69, 9.17) is 0 Å². The Balaban J connectivity index is 2.15. The lowest BCUT2D eigenvalue weighted by molar-refractivity contribution is 1.38. The van der Waals surface area contributed by atoms with E-state index in [1.165, 1.54) is 3.57 Å². The molecule has 0 amide bonds. The molecule has 0 atom stereocenters. The summed E-state index contributed by atoms with van der Waals surface area (Å²) in [6.07, 6.45) is 3.71. The first kappa shape index (κ1) is 9.45. The summed E-state index contributed by atoms with van der Waals surface area (Å²) in [4.78, 5) is 7.40. The second kappa shape index (κ2) is 4.41. The molecule has 0 saturated heterocycles. The number of aromatic nitrogens is 1. The van der Waals surface area contributed by atoms with Crippen LogP contribution in [0.15, 0.2) is 47.6 Å². The summed E-state index contributed by atoms with van der Waals surface area (Å²) in [5.74, 6) is 0. The fourth-order valence-corrected chi connectivity index (χ4v) is 1.46. The molecule has 0 bridgehead atoms. The third-order valence-electron chi connectivity index (χ3n) is 1.80. The molecule has 2 rings (SSSR count). The SMILES string of the molecule is Ic1ccc(N=Cc2ccc[nH]2)cc1. The van der Waals surface area contributed by atoms with Crippen molar-refractivity contribution in [3.8, 4) is 0 Å². The van der Waals surface area contributed by atoms with E-state index in [0.29, 0.717) is 0 Å². The van der Waals surface area contributed by atoms with Crippen LogP contribution >= 0.6 is 22.6 Å². The number of aliphatic imine (C=N–C) groups is 1. The van der Waals surface area contributed by atoms with Gasteiger partial charge in [0.05, 0.1) is 17.6 Å². The lowest BCUT2D eigenvalue weighted by atomic mass is 10.3. The molecule has 0 fully saturated rings. The van der Waals surface area contributed by atoms with Gasteiger partial charge in [0, 0.05) is 9.77 Å². The van der Waals surface area contributed by atoms with Crippen LogP contribution < -0.4 is 0 Å². The lowest BCUT2D eigenvalue weighted by Gasteiger charge is -1.92. The monoisotopic (exact) mass is 296 g/mol. The number of nitrogens with zero attached hydrogens (tertiary/aromatic N) is 1. The van der Waals surface area contributed by atoms with Crippen LogP contribution in [0.4, 0.5) is 5.69 Å². The maximum atomic E-state index is 4.33. The number of hydrogen-bond donors (Lipinski definition) is 1. The fourth-order valence-electron chi connectivity index (χ4n) is 1.10. The molecule has 3 heteroatoms. The first-order valence-corrected chi connectivity index (χ1v) is 5.35. The van der Waals surface area contributed by atoms with Gasteiger partial charge in [-0.3, -0.25) is 4.99 Å². The van der Waals surface area contributed by atoms with Crippen LogP contribution in [0.3, 0.4) is 0 Å². The fraction of sp³-hybridized carbons (Fsp3) is 0. The largest absolute Gasteiger partial charge is 0.360 e. The Morgan fingerprint density at radius 2 is 1.93 bits per heavy atom. The molecule has 0 spiro atoms. The number of aromatic amines is 1. The summed E-state index contributed by atoms with van der Waals surface area (Å²) >= 11 is 2.28. The Labute approximate surface area is 96.2 Å². The van der Waals surface area contributed by atoms with Crippen molar-refractivity contribution in [2.45, 2.75) is 0 Å². The van der Waals surface area contributed by atoms with E-state index in [0.717, 1.165) is 11.4 Å². The second-order valence-corrected chi connectivity index (χ2v) is 4.11. The molecule has 1 heterocycles. The Bertz CT molecular complexity index is 415. The molecular weight excluding hydrogens is 287 g/mol. The number of hydrogen-bond acceptors (Lipinski definition) is 1. The minimum absolute atomic E-state index is 0.972. The number of H-pyrrole nitrogens is 1. The first-order valence-electron chi connectivity index (χ1n) is 4.27. The summed E-state index contributed by atoms with van der Waals surface area (Å²) in [5, 5.41) is 0. The molecule has 1 aromatic heterocycles. The predicted molar refractivity (Wildman–Crippen MR) is 67.2 cm³/mol. The van der Waals surface area contributed by atoms with Gasteiger partial charge in [-0.1, -0.05) is 0 Å². The van der Waals surface area contributed by atoms with Gasteiger partial charge >= 0.3 is 0 Å². The van der Waals surface area contributed by atoms with Gasteiger partial charge in [-0.15, -0.1) is 0 Å². The Hall–Kier alpha value is -1.10. The highest BCUT2D eigenvalue weighted by Crippen LogP contribution is 2.13. The third-order valence-corrected chi connectivity index (χ3v) is 2.52. The molecule has 0 aliphatic heterocycles. The van der Waals surface area contributed by atoms with Crippen molar-refractivity contribution in [2.24, 2.45) is 4.99 Å². The van der Waals surface area contributed by atoms with Gasteiger partial charge in [0.15, 0.2) is 0 Å². The van der Waals surface area contributed by atoms with Crippen LogP contribution in [-0.2, 0) is 0 Å². The van der Waals surface area contributed by atoms with E-state index in [2.05, 4.69) is 32.6 Å². The summed E-state index contributed by atoms with van der Waals surface area (Å²) in [5.41, 5.74) is 1.99. The summed E-state index contributed by atoms with van der Waals surface area (Å²) < 4.78 is 1.22. The molecule has 1 aromatic carbocycles. The Morgan fingerprint density at radius 1 is 1.14 bits per heavy atom. The molecule has 0 aliphatic carbocycles. The zero-order valence-electron chi connectivity index (χ0n) is 7.44. The van der Waals surface area contributed by atoms with Gasteiger partial charge in [0.25, 0.3) is 0 Å².